The molecule has 1 aliphatic heterocycles. The molecule has 1 aromatic heterocycles. The molecule has 0 saturated carbocycles. The van der Waals surface area contributed by atoms with Gasteiger partial charge in [-0.3, -0.25) is 4.79 Å². The average Bonchev–Trinajstić information content (AvgIpc) is 3.16. The van der Waals surface area contributed by atoms with Gasteiger partial charge in [-0.2, -0.15) is 0 Å². The molecule has 1 amide bonds. The number of benzene rings is 1. The van der Waals surface area contributed by atoms with Crippen LogP contribution in [0.3, 0.4) is 0 Å². The van der Waals surface area contributed by atoms with Crippen LogP contribution in [0.1, 0.15) is 23.2 Å². The molecule has 126 valence electrons. The van der Waals surface area contributed by atoms with Crippen LogP contribution in [-0.4, -0.2) is 37.3 Å². The number of amides is 1. The van der Waals surface area contributed by atoms with Gasteiger partial charge in [0, 0.05) is 18.0 Å². The number of hydrogen-bond donors (Lipinski definition) is 1. The van der Waals surface area contributed by atoms with Crippen molar-refractivity contribution in [3.8, 4) is 5.75 Å². The van der Waals surface area contributed by atoms with E-state index in [0.29, 0.717) is 17.0 Å². The van der Waals surface area contributed by atoms with Crippen molar-refractivity contribution in [3.63, 3.8) is 0 Å². The molecule has 1 aromatic carbocycles. The van der Waals surface area contributed by atoms with Crippen molar-refractivity contribution in [1.82, 2.24) is 4.98 Å². The van der Waals surface area contributed by atoms with Crippen LogP contribution in [0.15, 0.2) is 41.4 Å². The zero-order valence-corrected chi connectivity index (χ0v) is 14.7. The summed E-state index contributed by atoms with van der Waals surface area (Å²) in [6.45, 7) is 2.11. The van der Waals surface area contributed by atoms with Gasteiger partial charge in [0.05, 0.1) is 24.6 Å². The second-order valence-corrected chi connectivity index (χ2v) is 6.50. The van der Waals surface area contributed by atoms with Gasteiger partial charge < -0.3 is 15.0 Å². The Bertz CT molecular complexity index is 713. The van der Waals surface area contributed by atoms with E-state index in [1.165, 1.54) is 12.8 Å². The van der Waals surface area contributed by atoms with Crippen LogP contribution in [0.4, 0.5) is 11.5 Å². The van der Waals surface area contributed by atoms with Crippen molar-refractivity contribution < 1.29 is 9.53 Å². The molecule has 2 aromatic rings. The molecule has 1 saturated heterocycles. The number of rotatable bonds is 5. The van der Waals surface area contributed by atoms with Crippen LogP contribution in [0.5, 0.6) is 5.75 Å². The molecular formula is C18H21N3O2S. The Labute approximate surface area is 146 Å². The van der Waals surface area contributed by atoms with Crippen molar-refractivity contribution in [2.24, 2.45) is 0 Å². The number of hydrogen-bond acceptors (Lipinski definition) is 5. The average molecular weight is 343 g/mol. The third-order valence-electron chi connectivity index (χ3n) is 4.09. The largest absolute Gasteiger partial charge is 0.496 e. The molecule has 0 radical (unpaired) electrons. The van der Waals surface area contributed by atoms with Gasteiger partial charge in [-0.1, -0.05) is 0 Å². The highest BCUT2D eigenvalue weighted by atomic mass is 32.2. The van der Waals surface area contributed by atoms with Gasteiger partial charge in [0.2, 0.25) is 0 Å². The summed E-state index contributed by atoms with van der Waals surface area (Å²) in [7, 11) is 1.57. The lowest BCUT2D eigenvalue weighted by Gasteiger charge is -2.16. The summed E-state index contributed by atoms with van der Waals surface area (Å²) in [5.74, 6) is 1.34. The van der Waals surface area contributed by atoms with Crippen LogP contribution in [0, 0.1) is 0 Å². The maximum absolute atomic E-state index is 12.5. The van der Waals surface area contributed by atoms with Crippen molar-refractivity contribution in [2.45, 2.75) is 17.7 Å². The molecule has 2 heterocycles. The van der Waals surface area contributed by atoms with Crippen LogP contribution in [0.25, 0.3) is 0 Å². The van der Waals surface area contributed by atoms with Crippen LogP contribution in [-0.2, 0) is 0 Å². The summed E-state index contributed by atoms with van der Waals surface area (Å²) < 4.78 is 5.34. The topological polar surface area (TPSA) is 54.5 Å². The third kappa shape index (κ3) is 3.64. The van der Waals surface area contributed by atoms with Crippen molar-refractivity contribution in [3.05, 3.63) is 42.1 Å². The predicted octanol–water partition coefficient (Wildman–Crippen LogP) is 3.66. The molecule has 1 aliphatic rings. The van der Waals surface area contributed by atoms with E-state index in [2.05, 4.69) is 15.2 Å². The Morgan fingerprint density at radius 2 is 2.04 bits per heavy atom. The van der Waals surface area contributed by atoms with Gasteiger partial charge in [-0.05, 0) is 49.4 Å². The van der Waals surface area contributed by atoms with E-state index in [9.17, 15) is 4.79 Å². The highest BCUT2D eigenvalue weighted by Gasteiger charge is 2.15. The minimum atomic E-state index is -0.199. The van der Waals surface area contributed by atoms with Gasteiger partial charge in [0.25, 0.3) is 5.91 Å². The Kier molecular flexibility index (Phi) is 5.25. The number of ether oxygens (including phenoxy) is 1. The van der Waals surface area contributed by atoms with E-state index in [1.807, 2.05) is 30.5 Å². The number of carbonyl (C=O) groups excluding carboxylic acids is 1. The third-order valence-corrected chi connectivity index (χ3v) is 4.81. The van der Waals surface area contributed by atoms with Gasteiger partial charge in [0.15, 0.2) is 0 Å². The van der Waals surface area contributed by atoms with Gasteiger partial charge in [-0.15, -0.1) is 11.8 Å². The molecule has 0 aliphatic carbocycles. The first-order valence-electron chi connectivity index (χ1n) is 7.95. The Morgan fingerprint density at radius 3 is 2.67 bits per heavy atom. The van der Waals surface area contributed by atoms with Crippen LogP contribution in [0.2, 0.25) is 0 Å². The zero-order chi connectivity index (χ0) is 16.9. The second kappa shape index (κ2) is 7.57. The molecule has 5 nitrogen and oxygen atoms in total. The van der Waals surface area contributed by atoms with Crippen LogP contribution < -0.4 is 15.0 Å². The Balaban J connectivity index is 1.72. The standard InChI is InChI=1S/C18H21N3O2S/c1-23-16-11-14(24-2)6-7-15(16)18(22)20-13-5-8-17(19-12-13)21-9-3-4-10-21/h5-8,11-12H,3-4,9-10H2,1-2H3,(H,20,22). The molecule has 3 rings (SSSR count). The fourth-order valence-corrected chi connectivity index (χ4v) is 3.21. The molecule has 0 spiro atoms. The number of nitrogens with one attached hydrogen (secondary N) is 1. The second-order valence-electron chi connectivity index (χ2n) is 5.62. The van der Waals surface area contributed by atoms with E-state index in [-0.39, 0.29) is 5.91 Å². The monoisotopic (exact) mass is 343 g/mol. The van der Waals surface area contributed by atoms with E-state index < -0.39 is 0 Å². The maximum Gasteiger partial charge on any atom is 0.259 e. The first kappa shape index (κ1) is 16.6. The van der Waals surface area contributed by atoms with E-state index in [4.69, 9.17) is 4.74 Å². The van der Waals surface area contributed by atoms with E-state index in [1.54, 1.807) is 31.1 Å². The van der Waals surface area contributed by atoms with Crippen molar-refractivity contribution in [2.75, 3.05) is 36.7 Å². The number of thioether (sulfide) groups is 1. The molecule has 0 bridgehead atoms. The SMILES string of the molecule is COc1cc(SC)ccc1C(=O)Nc1ccc(N2CCCC2)nc1. The number of methoxy groups -OCH3 is 1. The number of carbonyl (C=O) groups is 1. The highest BCUT2D eigenvalue weighted by molar-refractivity contribution is 7.98. The molecule has 0 unspecified atom stereocenters. The lowest BCUT2D eigenvalue weighted by Crippen LogP contribution is -2.19. The lowest BCUT2D eigenvalue weighted by molar-refractivity contribution is 0.102. The lowest BCUT2D eigenvalue weighted by atomic mass is 10.2. The first-order valence-corrected chi connectivity index (χ1v) is 9.18. The van der Waals surface area contributed by atoms with Gasteiger partial charge in [0.1, 0.15) is 11.6 Å². The number of nitrogens with zero attached hydrogens (tertiary/aromatic N) is 2. The highest BCUT2D eigenvalue weighted by Crippen LogP contribution is 2.26. The maximum atomic E-state index is 12.5. The fraction of sp³-hybridized carbons (Fsp3) is 0.333. The summed E-state index contributed by atoms with van der Waals surface area (Å²) >= 11 is 1.61. The van der Waals surface area contributed by atoms with Crippen molar-refractivity contribution in [1.29, 1.82) is 0 Å². The minimum Gasteiger partial charge on any atom is -0.496 e. The minimum absolute atomic E-state index is 0.199. The molecule has 24 heavy (non-hydrogen) atoms. The van der Waals surface area contributed by atoms with E-state index in [0.717, 1.165) is 23.8 Å². The van der Waals surface area contributed by atoms with Crippen molar-refractivity contribution >= 4 is 29.2 Å². The zero-order valence-electron chi connectivity index (χ0n) is 13.9. The Morgan fingerprint density at radius 1 is 1.25 bits per heavy atom. The summed E-state index contributed by atoms with van der Waals surface area (Å²) in [6.07, 6.45) is 6.12. The number of anilines is 2. The Hall–Kier alpha value is -2.21. The molecule has 6 heteroatoms. The van der Waals surface area contributed by atoms with Gasteiger partial charge in [-0.25, -0.2) is 4.98 Å². The van der Waals surface area contributed by atoms with Gasteiger partial charge >= 0.3 is 0 Å². The summed E-state index contributed by atoms with van der Waals surface area (Å²) in [5.41, 5.74) is 1.19. The molecule has 1 N–H and O–H groups in total. The normalized spacial score (nSPS) is 13.8. The first-order chi connectivity index (χ1) is 11.7. The molecule has 0 atom stereocenters. The smallest absolute Gasteiger partial charge is 0.259 e. The predicted molar refractivity (Wildman–Crippen MR) is 98.4 cm³/mol. The number of aromatic nitrogens is 1. The number of pyridine rings is 1. The molecular weight excluding hydrogens is 322 g/mol. The summed E-state index contributed by atoms with van der Waals surface area (Å²) in [4.78, 5) is 20.3. The molecule has 1 fully saturated rings. The van der Waals surface area contributed by atoms with Crippen LogP contribution >= 0.6 is 11.8 Å². The quantitative estimate of drug-likeness (QED) is 0.840. The summed E-state index contributed by atoms with van der Waals surface area (Å²) in [6, 6.07) is 9.41. The van der Waals surface area contributed by atoms with E-state index >= 15 is 0 Å². The fourth-order valence-electron chi connectivity index (χ4n) is 2.78. The summed E-state index contributed by atoms with van der Waals surface area (Å²) in [5, 5.41) is 2.88.